The maximum atomic E-state index is 12.6. The van der Waals surface area contributed by atoms with E-state index >= 15 is 0 Å². The lowest BCUT2D eigenvalue weighted by Crippen LogP contribution is -2.38. The highest BCUT2D eigenvalue weighted by molar-refractivity contribution is 7.89. The first-order chi connectivity index (χ1) is 9.82. The number of benzene rings is 1. The molecule has 118 valence electrons. The van der Waals surface area contributed by atoms with Gasteiger partial charge >= 0.3 is 0 Å². The number of hydrogen-bond acceptors (Lipinski definition) is 3. The van der Waals surface area contributed by atoms with Gasteiger partial charge in [-0.05, 0) is 43.4 Å². The summed E-state index contributed by atoms with van der Waals surface area (Å²) in [6.07, 6.45) is 2.51. The summed E-state index contributed by atoms with van der Waals surface area (Å²) in [4.78, 5) is 0.368. The molecule has 0 aliphatic heterocycles. The van der Waals surface area contributed by atoms with Gasteiger partial charge in [0.15, 0.2) is 0 Å². The Kier molecular flexibility index (Phi) is 5.07. The van der Waals surface area contributed by atoms with Gasteiger partial charge in [-0.3, -0.25) is 0 Å². The molecule has 21 heavy (non-hydrogen) atoms. The quantitative estimate of drug-likeness (QED) is 0.842. The number of nitrogens with zero attached hydrogens (tertiary/aromatic N) is 1. The second kappa shape index (κ2) is 6.46. The fraction of sp³-hybridized carbons (Fsp3) is 0.625. The van der Waals surface area contributed by atoms with E-state index in [1.54, 1.807) is 19.2 Å². The molecule has 1 saturated carbocycles. The maximum Gasteiger partial charge on any atom is 0.243 e. The summed E-state index contributed by atoms with van der Waals surface area (Å²) in [6.45, 7) is 6.81. The molecule has 1 aromatic rings. The van der Waals surface area contributed by atoms with Gasteiger partial charge in [0.05, 0.1) is 4.90 Å². The Morgan fingerprint density at radius 1 is 1.19 bits per heavy atom. The van der Waals surface area contributed by atoms with Crippen molar-refractivity contribution in [2.24, 2.45) is 5.92 Å². The fourth-order valence-electron chi connectivity index (χ4n) is 2.13. The zero-order valence-corrected chi connectivity index (χ0v) is 14.2. The molecular formula is C16H26N2O2S. The summed E-state index contributed by atoms with van der Waals surface area (Å²) in [5.74, 6) is 0.284. The molecule has 0 amide bonds. The van der Waals surface area contributed by atoms with Crippen LogP contribution in [0.15, 0.2) is 29.2 Å². The van der Waals surface area contributed by atoms with Crippen molar-refractivity contribution in [3.8, 4) is 0 Å². The standard InChI is InChI=1S/C16H26N2O2S/c1-12(2)13(3)18(4)21(19,20)16-9-5-14(6-10-16)11-17-15-7-8-15/h5-6,9-10,12-13,15,17H,7-8,11H2,1-4H3. The summed E-state index contributed by atoms with van der Waals surface area (Å²) in [7, 11) is -1.75. The molecule has 0 spiro atoms. The van der Waals surface area contributed by atoms with E-state index in [9.17, 15) is 8.42 Å². The van der Waals surface area contributed by atoms with Gasteiger partial charge in [0, 0.05) is 25.7 Å². The molecule has 1 aliphatic rings. The smallest absolute Gasteiger partial charge is 0.243 e. The summed E-state index contributed by atoms with van der Waals surface area (Å²) < 4.78 is 26.6. The van der Waals surface area contributed by atoms with Crippen LogP contribution in [0.25, 0.3) is 0 Å². The van der Waals surface area contributed by atoms with Crippen LogP contribution in [0, 0.1) is 5.92 Å². The monoisotopic (exact) mass is 310 g/mol. The number of nitrogens with one attached hydrogen (secondary N) is 1. The molecule has 1 aliphatic carbocycles. The summed E-state index contributed by atoms with van der Waals surface area (Å²) in [5, 5.41) is 3.43. The molecule has 1 fully saturated rings. The number of sulfonamides is 1. The van der Waals surface area contributed by atoms with Crippen molar-refractivity contribution in [3.63, 3.8) is 0 Å². The lowest BCUT2D eigenvalue weighted by atomic mass is 10.1. The van der Waals surface area contributed by atoms with Crippen molar-refractivity contribution in [2.45, 2.75) is 57.1 Å². The summed E-state index contributed by atoms with van der Waals surface area (Å²) in [5.41, 5.74) is 1.13. The van der Waals surface area contributed by atoms with Crippen LogP contribution in [0.5, 0.6) is 0 Å². The van der Waals surface area contributed by atoms with E-state index in [4.69, 9.17) is 0 Å². The molecular weight excluding hydrogens is 284 g/mol. The van der Waals surface area contributed by atoms with E-state index in [2.05, 4.69) is 5.32 Å². The van der Waals surface area contributed by atoms with Gasteiger partial charge < -0.3 is 5.32 Å². The Hall–Kier alpha value is -0.910. The zero-order chi connectivity index (χ0) is 15.6. The van der Waals surface area contributed by atoms with Gasteiger partial charge in [-0.1, -0.05) is 26.0 Å². The van der Waals surface area contributed by atoms with E-state index in [1.165, 1.54) is 17.1 Å². The molecule has 1 aromatic carbocycles. The Bertz CT molecular complexity index is 562. The number of hydrogen-bond donors (Lipinski definition) is 1. The van der Waals surface area contributed by atoms with Crippen molar-refractivity contribution in [1.29, 1.82) is 0 Å². The van der Waals surface area contributed by atoms with Crippen molar-refractivity contribution < 1.29 is 8.42 Å². The van der Waals surface area contributed by atoms with Crippen molar-refractivity contribution in [1.82, 2.24) is 9.62 Å². The second-order valence-corrected chi connectivity index (χ2v) is 8.30. The summed E-state index contributed by atoms with van der Waals surface area (Å²) >= 11 is 0. The van der Waals surface area contributed by atoms with Crippen LogP contribution < -0.4 is 5.32 Å². The minimum absolute atomic E-state index is 0.0220. The average Bonchev–Trinajstić information content (AvgIpc) is 3.28. The topological polar surface area (TPSA) is 49.4 Å². The van der Waals surface area contributed by atoms with Crippen LogP contribution >= 0.6 is 0 Å². The lowest BCUT2D eigenvalue weighted by Gasteiger charge is -2.27. The van der Waals surface area contributed by atoms with Crippen LogP contribution in [0.3, 0.4) is 0 Å². The van der Waals surface area contributed by atoms with Crippen LogP contribution in [-0.4, -0.2) is 31.9 Å². The highest BCUT2D eigenvalue weighted by atomic mass is 32.2. The Labute approximate surface area is 128 Å². The van der Waals surface area contributed by atoms with Crippen LogP contribution in [-0.2, 0) is 16.6 Å². The normalized spacial score (nSPS) is 17.4. The second-order valence-electron chi connectivity index (χ2n) is 6.30. The molecule has 0 radical (unpaired) electrons. The minimum atomic E-state index is -3.41. The van der Waals surface area contributed by atoms with Gasteiger partial charge in [0.25, 0.3) is 0 Å². The molecule has 0 saturated heterocycles. The van der Waals surface area contributed by atoms with E-state index in [-0.39, 0.29) is 12.0 Å². The molecule has 0 bridgehead atoms. The average molecular weight is 310 g/mol. The van der Waals surface area contributed by atoms with Crippen molar-refractivity contribution in [2.75, 3.05) is 7.05 Å². The van der Waals surface area contributed by atoms with Crippen LogP contribution in [0.1, 0.15) is 39.2 Å². The van der Waals surface area contributed by atoms with Gasteiger partial charge in [0.1, 0.15) is 0 Å². The first-order valence-corrected chi connectivity index (χ1v) is 9.06. The Morgan fingerprint density at radius 3 is 2.24 bits per heavy atom. The molecule has 1 N–H and O–H groups in total. The van der Waals surface area contributed by atoms with Crippen LogP contribution in [0.2, 0.25) is 0 Å². The van der Waals surface area contributed by atoms with Gasteiger partial charge in [-0.15, -0.1) is 0 Å². The third-order valence-corrected chi connectivity index (χ3v) is 6.27. The van der Waals surface area contributed by atoms with E-state index in [1.807, 2.05) is 32.9 Å². The molecule has 4 nitrogen and oxygen atoms in total. The van der Waals surface area contributed by atoms with Crippen molar-refractivity contribution >= 4 is 10.0 Å². The first-order valence-electron chi connectivity index (χ1n) is 7.62. The summed E-state index contributed by atoms with van der Waals surface area (Å²) in [6, 6.07) is 7.86. The molecule has 5 heteroatoms. The van der Waals surface area contributed by atoms with Crippen LogP contribution in [0.4, 0.5) is 0 Å². The third-order valence-electron chi connectivity index (χ3n) is 4.31. The molecule has 1 unspecified atom stereocenters. The van der Waals surface area contributed by atoms with Gasteiger partial charge in [0.2, 0.25) is 10.0 Å². The molecule has 0 heterocycles. The van der Waals surface area contributed by atoms with E-state index < -0.39 is 10.0 Å². The lowest BCUT2D eigenvalue weighted by molar-refractivity contribution is 0.316. The highest BCUT2D eigenvalue weighted by Crippen LogP contribution is 2.22. The largest absolute Gasteiger partial charge is 0.310 e. The molecule has 1 atom stereocenters. The predicted octanol–water partition coefficient (Wildman–Crippen LogP) is 2.60. The van der Waals surface area contributed by atoms with E-state index in [0.717, 1.165) is 12.1 Å². The third kappa shape index (κ3) is 4.05. The first kappa shape index (κ1) is 16.5. The Morgan fingerprint density at radius 2 is 1.76 bits per heavy atom. The van der Waals surface area contributed by atoms with Gasteiger partial charge in [-0.2, -0.15) is 4.31 Å². The molecule has 2 rings (SSSR count). The predicted molar refractivity (Wildman–Crippen MR) is 85.6 cm³/mol. The Balaban J connectivity index is 2.08. The number of rotatable bonds is 7. The maximum absolute atomic E-state index is 12.6. The van der Waals surface area contributed by atoms with Gasteiger partial charge in [-0.25, -0.2) is 8.42 Å². The molecule has 0 aromatic heterocycles. The van der Waals surface area contributed by atoms with Crippen molar-refractivity contribution in [3.05, 3.63) is 29.8 Å². The SMILES string of the molecule is CC(C)C(C)N(C)S(=O)(=O)c1ccc(CNC2CC2)cc1. The highest BCUT2D eigenvalue weighted by Gasteiger charge is 2.27. The minimum Gasteiger partial charge on any atom is -0.310 e. The fourth-order valence-corrected chi connectivity index (χ4v) is 3.63. The zero-order valence-electron chi connectivity index (χ0n) is 13.3. The van der Waals surface area contributed by atoms with E-state index in [0.29, 0.717) is 10.9 Å².